The van der Waals surface area contributed by atoms with E-state index in [0.717, 1.165) is 93.5 Å². The van der Waals surface area contributed by atoms with Gasteiger partial charge in [0, 0.05) is 55.2 Å². The van der Waals surface area contributed by atoms with Crippen molar-refractivity contribution >= 4 is 74.3 Å². The molecule has 4 heteroatoms. The van der Waals surface area contributed by atoms with Gasteiger partial charge in [-0.25, -0.2) is 0 Å². The minimum atomic E-state index is -2.41. The summed E-state index contributed by atoms with van der Waals surface area (Å²) in [5.74, 6) is 0. The Morgan fingerprint density at radius 2 is 0.932 bits per heavy atom. The topological polar surface area (TPSA) is 9.72 Å². The van der Waals surface area contributed by atoms with E-state index in [0.29, 0.717) is 5.56 Å². The predicted molar refractivity (Wildman–Crippen MR) is 319 cm³/mol. The molecule has 0 unspecified atom stereocenters. The van der Waals surface area contributed by atoms with Gasteiger partial charge in [-0.05, 0) is 206 Å². The molecule has 74 heavy (non-hydrogen) atoms. The molecule has 0 saturated carbocycles. The zero-order chi connectivity index (χ0) is 54.4. The highest BCUT2D eigenvalue weighted by atomic mass is 15.2. The Labute approximate surface area is 447 Å². The van der Waals surface area contributed by atoms with Gasteiger partial charge in [0.25, 0.3) is 6.71 Å². The van der Waals surface area contributed by atoms with Crippen LogP contribution in [0.3, 0.4) is 0 Å². The summed E-state index contributed by atoms with van der Waals surface area (Å²) >= 11 is 0. The third kappa shape index (κ3) is 7.68. The van der Waals surface area contributed by atoms with Crippen molar-refractivity contribution in [3.8, 4) is 11.1 Å². The fraction of sp³-hybridized carbons (Fsp3) is 0.314. The van der Waals surface area contributed by atoms with Gasteiger partial charge in [0.15, 0.2) is 0 Å². The Kier molecular flexibility index (Phi) is 10.2. The summed E-state index contributed by atoms with van der Waals surface area (Å²) in [6.45, 7) is 25.7. The van der Waals surface area contributed by atoms with Gasteiger partial charge >= 0.3 is 0 Å². The summed E-state index contributed by atoms with van der Waals surface area (Å²) in [6.07, 6.45) is 4.35. The fourth-order valence-corrected chi connectivity index (χ4v) is 13.3. The van der Waals surface area contributed by atoms with Gasteiger partial charge in [0.05, 0.1) is 5.69 Å². The second kappa shape index (κ2) is 16.9. The van der Waals surface area contributed by atoms with E-state index >= 15 is 0 Å². The summed E-state index contributed by atoms with van der Waals surface area (Å²) in [5.41, 5.74) is 23.0. The molecule has 2 heterocycles. The van der Waals surface area contributed by atoms with Crippen molar-refractivity contribution in [2.45, 2.75) is 143 Å². The van der Waals surface area contributed by atoms with Crippen LogP contribution in [0.4, 0.5) is 51.2 Å². The molecule has 0 aromatic heterocycles. The SMILES string of the molecule is [2H]C([2H])([2H])c1cc2c3c(c1)N(c1ccc(C(C)(C)C)cc1-c1ccccc1)c1cc4c(cc1B3c1cc(N(c3ccccc3)c3ccccc3)ccc1N2c1cc2c(cc1C)C(C)(C)CCC2(C)C)C(C)(C)CCC4(C)C. The van der Waals surface area contributed by atoms with Gasteiger partial charge in [-0.3, -0.25) is 0 Å². The Morgan fingerprint density at radius 3 is 1.47 bits per heavy atom. The molecule has 372 valence electrons. The van der Waals surface area contributed by atoms with Crippen LogP contribution < -0.4 is 31.1 Å². The molecule has 0 saturated heterocycles. The van der Waals surface area contributed by atoms with Crippen LogP contribution in [-0.2, 0) is 27.1 Å². The first kappa shape index (κ1) is 44.7. The van der Waals surface area contributed by atoms with Crippen molar-refractivity contribution in [1.29, 1.82) is 0 Å². The first-order valence-electron chi connectivity index (χ1n) is 28.7. The Bertz CT molecular complexity index is 3600. The molecule has 8 aromatic rings. The Morgan fingerprint density at radius 1 is 0.459 bits per heavy atom. The lowest BCUT2D eigenvalue weighted by Gasteiger charge is -2.48. The highest BCUT2D eigenvalue weighted by molar-refractivity contribution is 7.00. The number of hydrogen-bond donors (Lipinski definition) is 0. The largest absolute Gasteiger partial charge is 0.311 e. The Hall–Kier alpha value is -6.78. The van der Waals surface area contributed by atoms with Gasteiger partial charge in [0.2, 0.25) is 0 Å². The van der Waals surface area contributed by atoms with E-state index in [4.69, 9.17) is 0 Å². The maximum absolute atomic E-state index is 9.35. The molecule has 0 spiro atoms. The van der Waals surface area contributed by atoms with E-state index in [-0.39, 0.29) is 33.8 Å². The van der Waals surface area contributed by atoms with Crippen LogP contribution in [-0.4, -0.2) is 6.71 Å². The number of anilines is 9. The molecule has 0 N–H and O–H groups in total. The lowest BCUT2D eigenvalue weighted by atomic mass is 9.33. The monoisotopic (exact) mass is 971 g/mol. The Balaban J connectivity index is 1.25. The van der Waals surface area contributed by atoms with E-state index in [9.17, 15) is 4.11 Å². The summed E-state index contributed by atoms with van der Waals surface area (Å²) in [4.78, 5) is 7.32. The maximum Gasteiger partial charge on any atom is 0.252 e. The van der Waals surface area contributed by atoms with E-state index in [2.05, 4.69) is 249 Å². The average molecular weight is 971 g/mol. The predicted octanol–water partition coefficient (Wildman–Crippen LogP) is 17.5. The van der Waals surface area contributed by atoms with Crippen LogP contribution in [0, 0.1) is 13.8 Å². The smallest absolute Gasteiger partial charge is 0.252 e. The number of aryl methyl sites for hydroxylation is 2. The van der Waals surface area contributed by atoms with Crippen molar-refractivity contribution in [3.05, 3.63) is 203 Å². The van der Waals surface area contributed by atoms with Gasteiger partial charge in [-0.2, -0.15) is 0 Å². The number of hydrogen-bond acceptors (Lipinski definition) is 3. The quantitative estimate of drug-likeness (QED) is 0.154. The maximum atomic E-state index is 9.35. The van der Waals surface area contributed by atoms with Crippen molar-refractivity contribution in [2.24, 2.45) is 0 Å². The first-order chi connectivity index (χ1) is 36.3. The second-order valence-electron chi connectivity index (χ2n) is 25.8. The highest BCUT2D eigenvalue weighted by Gasteiger charge is 2.48. The van der Waals surface area contributed by atoms with E-state index in [1.807, 2.05) is 12.1 Å². The highest BCUT2D eigenvalue weighted by Crippen LogP contribution is 2.54. The van der Waals surface area contributed by atoms with Crippen molar-refractivity contribution in [3.63, 3.8) is 0 Å². The van der Waals surface area contributed by atoms with Crippen LogP contribution >= 0.6 is 0 Å². The lowest BCUT2D eigenvalue weighted by Crippen LogP contribution is -2.62. The number of rotatable bonds is 6. The summed E-state index contributed by atoms with van der Waals surface area (Å²) in [6, 6.07) is 60.4. The first-order valence-corrected chi connectivity index (χ1v) is 27.2. The number of para-hydroxylation sites is 2. The molecule has 4 aliphatic rings. The molecule has 0 amide bonds. The summed E-state index contributed by atoms with van der Waals surface area (Å²) in [7, 11) is 0. The fourth-order valence-electron chi connectivity index (χ4n) is 13.3. The summed E-state index contributed by atoms with van der Waals surface area (Å²) < 4.78 is 28.0. The minimum Gasteiger partial charge on any atom is -0.311 e. The van der Waals surface area contributed by atoms with E-state index < -0.39 is 6.85 Å². The van der Waals surface area contributed by atoms with E-state index in [1.54, 1.807) is 0 Å². The minimum absolute atomic E-state index is 0.0112. The molecule has 2 aliphatic carbocycles. The van der Waals surface area contributed by atoms with Gasteiger partial charge < -0.3 is 14.7 Å². The number of fused-ring (bicyclic) bond motifs is 6. The molecular weight excluding hydrogens is 894 g/mol. The molecule has 0 fully saturated rings. The zero-order valence-electron chi connectivity index (χ0n) is 48.8. The third-order valence-electron chi connectivity index (χ3n) is 17.9. The lowest BCUT2D eigenvalue weighted by molar-refractivity contribution is 0.332. The molecule has 2 aliphatic heterocycles. The molecular formula is C70H74BN3. The average Bonchev–Trinajstić information content (AvgIpc) is 3.40. The normalized spacial score (nSPS) is 18.2. The van der Waals surface area contributed by atoms with Crippen molar-refractivity contribution in [2.75, 3.05) is 14.7 Å². The van der Waals surface area contributed by atoms with E-state index in [1.165, 1.54) is 44.3 Å². The third-order valence-corrected chi connectivity index (χ3v) is 17.9. The second-order valence-corrected chi connectivity index (χ2v) is 25.8. The van der Waals surface area contributed by atoms with Crippen LogP contribution in [0.2, 0.25) is 0 Å². The summed E-state index contributed by atoms with van der Waals surface area (Å²) in [5, 5.41) is 0. The van der Waals surface area contributed by atoms with Gasteiger partial charge in [-0.15, -0.1) is 0 Å². The molecule has 0 atom stereocenters. The molecule has 0 radical (unpaired) electrons. The van der Waals surface area contributed by atoms with Crippen LogP contribution in [0.5, 0.6) is 0 Å². The van der Waals surface area contributed by atoms with Crippen LogP contribution in [0.15, 0.2) is 164 Å². The molecule has 12 rings (SSSR count). The van der Waals surface area contributed by atoms with Crippen LogP contribution in [0.1, 0.15) is 145 Å². The van der Waals surface area contributed by atoms with Gasteiger partial charge in [-0.1, -0.05) is 161 Å². The van der Waals surface area contributed by atoms with Gasteiger partial charge in [0.1, 0.15) is 0 Å². The molecule has 0 bridgehead atoms. The molecule has 8 aromatic carbocycles. The van der Waals surface area contributed by atoms with Crippen molar-refractivity contribution < 1.29 is 4.11 Å². The molecule has 3 nitrogen and oxygen atoms in total. The van der Waals surface area contributed by atoms with Crippen LogP contribution in [0.25, 0.3) is 11.1 Å². The standard InChI is InChI=1S/C70H74BN3/c1-45-37-63-65-64(38-45)74(61-43-55-53(39-46(61)2)67(6,7)33-35-69(55,10)11)60-32-30-51(72(49-25-19-15-20-26-49)50-27-21-16-22-28-50)41-57(60)71(65)58-42-54-56(70(12,13)36-34-68(54,8)9)44-62(58)73(63)59-31-29-48(66(3,4)5)40-52(59)47-23-17-14-18-24-47/h14-32,37-44H,33-36H2,1-13H3/i1D3. The number of nitrogens with zero attached hydrogens (tertiary/aromatic N) is 3. The van der Waals surface area contributed by atoms with Crippen molar-refractivity contribution in [1.82, 2.24) is 0 Å². The number of benzene rings is 8. The zero-order valence-corrected chi connectivity index (χ0v) is 45.8.